The molecule has 2 aliphatic heterocycles. The van der Waals surface area contributed by atoms with Gasteiger partial charge in [0.1, 0.15) is 24.4 Å². The van der Waals surface area contributed by atoms with Crippen LogP contribution in [0.5, 0.6) is 0 Å². The van der Waals surface area contributed by atoms with Crippen LogP contribution in [0.25, 0.3) is 0 Å². The van der Waals surface area contributed by atoms with E-state index >= 15 is 0 Å². The zero-order chi connectivity index (χ0) is 18.0. The number of hydrogen-bond acceptors (Lipinski definition) is 8. The fourth-order valence-corrected chi connectivity index (χ4v) is 3.20. The molecule has 2 unspecified atom stereocenters. The molecule has 2 aliphatic rings. The Bertz CT molecular complexity index is 594. The highest BCUT2D eigenvalue weighted by molar-refractivity contribution is 5.23. The zero-order valence-electron chi connectivity index (χ0n) is 14.1. The fraction of sp³-hybridized carbons (Fsp3) is 0.647. The van der Waals surface area contributed by atoms with Crippen LogP contribution >= 0.6 is 0 Å². The van der Waals surface area contributed by atoms with E-state index in [1.807, 2.05) is 0 Å². The first-order valence-corrected chi connectivity index (χ1v) is 8.59. The predicted octanol–water partition coefficient (Wildman–Crippen LogP) is -0.357. The van der Waals surface area contributed by atoms with E-state index < -0.39 is 37.3 Å². The van der Waals surface area contributed by atoms with E-state index in [0.29, 0.717) is 13.0 Å². The van der Waals surface area contributed by atoms with E-state index in [2.05, 4.69) is 41.5 Å². The van der Waals surface area contributed by atoms with Crippen LogP contribution in [0.2, 0.25) is 0 Å². The van der Waals surface area contributed by atoms with Gasteiger partial charge in [0, 0.05) is 0 Å². The van der Waals surface area contributed by atoms with Crippen molar-refractivity contribution in [3.63, 3.8) is 0 Å². The highest BCUT2D eigenvalue weighted by atomic mass is 16.6. The number of aliphatic hydroxyl groups is 4. The summed E-state index contributed by atoms with van der Waals surface area (Å²) in [7, 11) is 0. The van der Waals surface area contributed by atoms with Gasteiger partial charge in [0.2, 0.25) is 0 Å². The molecule has 1 fully saturated rings. The quantitative estimate of drug-likeness (QED) is 0.576. The minimum atomic E-state index is -1.41. The van der Waals surface area contributed by atoms with Crippen LogP contribution in [0.4, 0.5) is 0 Å². The van der Waals surface area contributed by atoms with Crippen molar-refractivity contribution in [2.24, 2.45) is 10.3 Å². The number of benzene rings is 1. The third kappa shape index (κ3) is 3.83. The number of ether oxygens (including phenoxy) is 1. The Morgan fingerprint density at radius 1 is 1.08 bits per heavy atom. The van der Waals surface area contributed by atoms with Gasteiger partial charge in [-0.25, -0.2) is 5.01 Å². The van der Waals surface area contributed by atoms with Gasteiger partial charge in [-0.15, -0.1) is 0 Å². The van der Waals surface area contributed by atoms with Crippen molar-refractivity contribution in [2.45, 2.75) is 56.5 Å². The van der Waals surface area contributed by atoms with Gasteiger partial charge >= 0.3 is 0 Å². The van der Waals surface area contributed by atoms with E-state index in [1.54, 1.807) is 0 Å². The average Bonchev–Trinajstić information content (AvgIpc) is 3.09. The molecule has 0 aromatic heterocycles. The third-order valence-electron chi connectivity index (χ3n) is 4.79. The lowest BCUT2D eigenvalue weighted by Gasteiger charge is -2.42. The van der Waals surface area contributed by atoms with Crippen molar-refractivity contribution in [2.75, 3.05) is 13.2 Å². The first-order valence-electron chi connectivity index (χ1n) is 8.59. The van der Waals surface area contributed by atoms with Gasteiger partial charge in [-0.1, -0.05) is 36.4 Å². The molecule has 1 aromatic carbocycles. The van der Waals surface area contributed by atoms with Crippen molar-refractivity contribution in [3.8, 4) is 0 Å². The molecular formula is C17H25N3O5. The van der Waals surface area contributed by atoms with Gasteiger partial charge in [-0.3, -0.25) is 0 Å². The first-order chi connectivity index (χ1) is 12.0. The summed E-state index contributed by atoms with van der Waals surface area (Å²) in [5.41, 5.74) is 2.43. The van der Waals surface area contributed by atoms with Crippen LogP contribution in [-0.4, -0.2) is 75.3 Å². The molecule has 3 rings (SSSR count). The summed E-state index contributed by atoms with van der Waals surface area (Å²) in [6, 6.07) is 8.25. The van der Waals surface area contributed by atoms with Crippen LogP contribution in [0.1, 0.15) is 18.1 Å². The second kappa shape index (κ2) is 7.76. The predicted molar refractivity (Wildman–Crippen MR) is 88.6 cm³/mol. The monoisotopic (exact) mass is 351 g/mol. The lowest BCUT2D eigenvalue weighted by molar-refractivity contribution is -0.264. The normalized spacial score (nSPS) is 35.3. The van der Waals surface area contributed by atoms with E-state index in [4.69, 9.17) is 4.74 Å². The van der Waals surface area contributed by atoms with Crippen LogP contribution in [-0.2, 0) is 17.6 Å². The minimum absolute atomic E-state index is 0.0835. The number of hydrogen-bond donors (Lipinski definition) is 4. The maximum atomic E-state index is 10.2. The maximum Gasteiger partial charge on any atom is 0.176 e. The Balaban J connectivity index is 1.61. The van der Waals surface area contributed by atoms with Crippen molar-refractivity contribution in [1.82, 2.24) is 5.01 Å². The lowest BCUT2D eigenvalue weighted by atomic mass is 9.98. The van der Waals surface area contributed by atoms with E-state index in [9.17, 15) is 20.4 Å². The molecule has 4 N–H and O–H groups in total. The summed E-state index contributed by atoms with van der Waals surface area (Å²) < 4.78 is 5.51. The summed E-state index contributed by atoms with van der Waals surface area (Å²) in [6.07, 6.45) is -4.31. The van der Waals surface area contributed by atoms with Crippen molar-refractivity contribution >= 4 is 0 Å². The van der Waals surface area contributed by atoms with Gasteiger partial charge in [-0.05, 0) is 24.0 Å². The second-order valence-electron chi connectivity index (χ2n) is 6.57. The fourth-order valence-electron chi connectivity index (χ4n) is 3.20. The molecule has 8 nitrogen and oxygen atoms in total. The summed E-state index contributed by atoms with van der Waals surface area (Å²) in [5, 5.41) is 48.9. The Morgan fingerprint density at radius 3 is 2.40 bits per heavy atom. The molecule has 0 saturated carbocycles. The van der Waals surface area contributed by atoms with E-state index in [0.717, 1.165) is 12.0 Å². The molecule has 1 aromatic rings. The topological polar surface area (TPSA) is 118 Å². The lowest BCUT2D eigenvalue weighted by Crippen LogP contribution is -2.62. The smallest absolute Gasteiger partial charge is 0.176 e. The maximum absolute atomic E-state index is 10.2. The molecule has 1 saturated heterocycles. The molecule has 8 heteroatoms. The largest absolute Gasteiger partial charge is 0.394 e. The second-order valence-corrected chi connectivity index (χ2v) is 6.57. The molecular weight excluding hydrogens is 326 g/mol. The third-order valence-corrected chi connectivity index (χ3v) is 4.79. The van der Waals surface area contributed by atoms with Gasteiger partial charge < -0.3 is 25.2 Å². The molecule has 25 heavy (non-hydrogen) atoms. The molecule has 0 spiro atoms. The van der Waals surface area contributed by atoms with Crippen molar-refractivity contribution in [3.05, 3.63) is 35.4 Å². The Hall–Kier alpha value is -1.58. The zero-order valence-corrected chi connectivity index (χ0v) is 14.1. The summed E-state index contributed by atoms with van der Waals surface area (Å²) in [6.45, 7) is 2.08. The van der Waals surface area contributed by atoms with Crippen molar-refractivity contribution in [1.29, 1.82) is 0 Å². The number of rotatable bonds is 5. The summed E-state index contributed by atoms with van der Waals surface area (Å²) >= 11 is 0. The number of nitrogens with zero attached hydrogens (tertiary/aromatic N) is 3. The van der Waals surface area contributed by atoms with Crippen LogP contribution < -0.4 is 0 Å². The standard InChI is InChI=1S/C17H25N3O5/c1-2-10-3-5-11(6-4-10)7-12-8-20(19-18-12)17-16(24)15(23)14(22)13(9-21)25-17/h3-6,12-17,21-24H,2,7-9H2,1H3/t12?,13-,14-,15+,16-,17?/m1/s1. The van der Waals surface area contributed by atoms with Gasteiger partial charge in [0.05, 0.1) is 19.2 Å². The minimum Gasteiger partial charge on any atom is -0.394 e. The van der Waals surface area contributed by atoms with Crippen molar-refractivity contribution < 1.29 is 25.2 Å². The van der Waals surface area contributed by atoms with Crippen LogP contribution in [0, 0.1) is 0 Å². The molecule has 0 radical (unpaired) electrons. The molecule has 0 amide bonds. The Kier molecular flexibility index (Phi) is 5.65. The summed E-state index contributed by atoms with van der Waals surface area (Å²) in [4.78, 5) is 0. The molecule has 6 atom stereocenters. The SMILES string of the molecule is CCc1ccc(CC2CN(C3O[C@H](CO)[C@@H](O)[C@H](O)[C@H]3O)N=N2)cc1. The summed E-state index contributed by atoms with van der Waals surface area (Å²) in [5.74, 6) is 0. The van der Waals surface area contributed by atoms with E-state index in [1.165, 1.54) is 10.6 Å². The van der Waals surface area contributed by atoms with Crippen LogP contribution in [0.15, 0.2) is 34.6 Å². The first kappa shape index (κ1) is 18.2. The molecule has 0 bridgehead atoms. The van der Waals surface area contributed by atoms with Gasteiger partial charge in [-0.2, -0.15) is 5.11 Å². The molecule has 0 aliphatic carbocycles. The average molecular weight is 351 g/mol. The number of aryl methyl sites for hydroxylation is 1. The molecule has 138 valence electrons. The highest BCUT2D eigenvalue weighted by Crippen LogP contribution is 2.27. The Labute approximate surface area is 146 Å². The highest BCUT2D eigenvalue weighted by Gasteiger charge is 2.47. The van der Waals surface area contributed by atoms with Crippen LogP contribution in [0.3, 0.4) is 0 Å². The number of aliphatic hydroxyl groups excluding tert-OH is 4. The molecule has 2 heterocycles. The van der Waals surface area contributed by atoms with E-state index in [-0.39, 0.29) is 6.04 Å². The van der Waals surface area contributed by atoms with Gasteiger partial charge in [0.25, 0.3) is 0 Å². The Morgan fingerprint density at radius 2 is 1.76 bits per heavy atom. The van der Waals surface area contributed by atoms with Gasteiger partial charge in [0.15, 0.2) is 6.23 Å².